The molecule has 0 saturated heterocycles. The van der Waals surface area contributed by atoms with Crippen molar-refractivity contribution in [2.75, 3.05) is 5.32 Å². The van der Waals surface area contributed by atoms with E-state index < -0.39 is 0 Å². The molecule has 2 N–H and O–H groups in total. The molecule has 104 valence electrons. The largest absolute Gasteiger partial charge is 0.508 e. The molecule has 3 nitrogen and oxygen atoms in total. The van der Waals surface area contributed by atoms with Gasteiger partial charge < -0.3 is 10.4 Å². The second-order valence-electron chi connectivity index (χ2n) is 5.18. The minimum atomic E-state index is -0.267. The van der Waals surface area contributed by atoms with Crippen molar-refractivity contribution >= 4 is 11.6 Å². The number of nitrogens with one attached hydrogen (secondary N) is 1. The second-order valence-corrected chi connectivity index (χ2v) is 5.18. The number of amides is 1. The van der Waals surface area contributed by atoms with E-state index in [2.05, 4.69) is 11.4 Å². The van der Waals surface area contributed by atoms with E-state index in [1.807, 2.05) is 32.9 Å². The first-order valence-electron chi connectivity index (χ1n) is 6.64. The zero-order valence-corrected chi connectivity index (χ0v) is 12.0. The van der Waals surface area contributed by atoms with Gasteiger partial charge >= 0.3 is 0 Å². The third kappa shape index (κ3) is 3.38. The van der Waals surface area contributed by atoms with E-state index in [1.54, 1.807) is 24.3 Å². The molecule has 0 radical (unpaired) electrons. The Bertz CT molecular complexity index is 597. The molecule has 0 heterocycles. The molecular weight excluding hydrogens is 250 g/mol. The fourth-order valence-corrected chi connectivity index (χ4v) is 2.21. The van der Waals surface area contributed by atoms with Crippen LogP contribution in [0.2, 0.25) is 0 Å². The SMILES string of the molecule is Cc1cc(C)cc(NC(=O)C(C)c2ccc(O)cc2)c1. The van der Waals surface area contributed by atoms with Crippen LogP contribution in [0.1, 0.15) is 29.5 Å². The van der Waals surface area contributed by atoms with Crippen molar-refractivity contribution < 1.29 is 9.90 Å². The maximum absolute atomic E-state index is 12.2. The van der Waals surface area contributed by atoms with Crippen LogP contribution in [0.15, 0.2) is 42.5 Å². The van der Waals surface area contributed by atoms with E-state index in [1.165, 1.54) is 0 Å². The first-order chi connectivity index (χ1) is 9.45. The van der Waals surface area contributed by atoms with Gasteiger partial charge in [-0.05, 0) is 61.7 Å². The first-order valence-corrected chi connectivity index (χ1v) is 6.64. The number of phenolic OH excluding ortho intramolecular Hbond substituents is 1. The molecule has 1 amide bonds. The van der Waals surface area contributed by atoms with Gasteiger partial charge in [0.2, 0.25) is 5.91 Å². The van der Waals surface area contributed by atoms with Gasteiger partial charge in [-0.2, -0.15) is 0 Å². The molecule has 0 aliphatic carbocycles. The average Bonchev–Trinajstić information content (AvgIpc) is 2.37. The number of hydrogen-bond acceptors (Lipinski definition) is 2. The molecule has 0 fully saturated rings. The monoisotopic (exact) mass is 269 g/mol. The van der Waals surface area contributed by atoms with Crippen LogP contribution in [-0.4, -0.2) is 11.0 Å². The first kappa shape index (κ1) is 14.1. The van der Waals surface area contributed by atoms with Crippen LogP contribution in [0.25, 0.3) is 0 Å². The fourth-order valence-electron chi connectivity index (χ4n) is 2.21. The van der Waals surface area contributed by atoms with Gasteiger partial charge in [-0.3, -0.25) is 4.79 Å². The number of rotatable bonds is 3. The number of carbonyl (C=O) groups excluding carboxylic acids is 1. The molecule has 1 atom stereocenters. The van der Waals surface area contributed by atoms with Gasteiger partial charge in [0.25, 0.3) is 0 Å². The highest BCUT2D eigenvalue weighted by molar-refractivity contribution is 5.95. The number of phenols is 1. The van der Waals surface area contributed by atoms with Crippen LogP contribution in [0.3, 0.4) is 0 Å². The lowest BCUT2D eigenvalue weighted by molar-refractivity contribution is -0.117. The van der Waals surface area contributed by atoms with Gasteiger partial charge in [0.1, 0.15) is 5.75 Å². The molecule has 20 heavy (non-hydrogen) atoms. The van der Waals surface area contributed by atoms with Gasteiger partial charge in [0, 0.05) is 5.69 Å². The standard InChI is InChI=1S/C17H19NO2/c1-11-8-12(2)10-15(9-11)18-17(20)13(3)14-4-6-16(19)7-5-14/h4-10,13,19H,1-3H3,(H,18,20). The summed E-state index contributed by atoms with van der Waals surface area (Å²) < 4.78 is 0. The Morgan fingerprint density at radius 2 is 1.60 bits per heavy atom. The number of hydrogen-bond donors (Lipinski definition) is 2. The average molecular weight is 269 g/mol. The maximum atomic E-state index is 12.2. The topological polar surface area (TPSA) is 49.3 Å². The van der Waals surface area contributed by atoms with Crippen molar-refractivity contribution in [3.63, 3.8) is 0 Å². The van der Waals surface area contributed by atoms with Crippen molar-refractivity contribution in [2.45, 2.75) is 26.7 Å². The highest BCUT2D eigenvalue weighted by Crippen LogP contribution is 2.21. The van der Waals surface area contributed by atoms with Crippen LogP contribution in [-0.2, 0) is 4.79 Å². The number of aromatic hydroxyl groups is 1. The van der Waals surface area contributed by atoms with Crippen LogP contribution in [0.4, 0.5) is 5.69 Å². The molecule has 0 saturated carbocycles. The summed E-state index contributed by atoms with van der Waals surface area (Å²) >= 11 is 0. The van der Waals surface area contributed by atoms with Crippen molar-refractivity contribution in [3.8, 4) is 5.75 Å². The van der Waals surface area contributed by atoms with Crippen LogP contribution in [0, 0.1) is 13.8 Å². The van der Waals surface area contributed by atoms with Crippen molar-refractivity contribution in [2.24, 2.45) is 0 Å². The Kier molecular flexibility index (Phi) is 4.08. The molecule has 0 spiro atoms. The fraction of sp³-hybridized carbons (Fsp3) is 0.235. The van der Waals surface area contributed by atoms with Crippen LogP contribution < -0.4 is 5.32 Å². The molecule has 0 aliphatic heterocycles. The zero-order valence-electron chi connectivity index (χ0n) is 12.0. The minimum Gasteiger partial charge on any atom is -0.508 e. The molecule has 3 heteroatoms. The lowest BCUT2D eigenvalue weighted by Crippen LogP contribution is -2.18. The molecule has 0 bridgehead atoms. The van der Waals surface area contributed by atoms with E-state index in [-0.39, 0.29) is 17.6 Å². The van der Waals surface area contributed by atoms with Crippen LogP contribution >= 0.6 is 0 Å². The summed E-state index contributed by atoms with van der Waals surface area (Å²) in [5, 5.41) is 12.2. The quantitative estimate of drug-likeness (QED) is 0.891. The molecule has 0 aliphatic rings. The highest BCUT2D eigenvalue weighted by atomic mass is 16.3. The number of benzene rings is 2. The molecular formula is C17H19NO2. The predicted molar refractivity (Wildman–Crippen MR) is 81.1 cm³/mol. The summed E-state index contributed by atoms with van der Waals surface area (Å²) in [4.78, 5) is 12.2. The molecule has 0 aromatic heterocycles. The molecule has 2 aromatic carbocycles. The van der Waals surface area contributed by atoms with E-state index in [4.69, 9.17) is 0 Å². The second kappa shape index (κ2) is 5.78. The third-order valence-corrected chi connectivity index (χ3v) is 3.28. The van der Waals surface area contributed by atoms with Gasteiger partial charge in [0.05, 0.1) is 5.92 Å². The molecule has 2 rings (SSSR count). The molecule has 1 unspecified atom stereocenters. The Hall–Kier alpha value is -2.29. The molecule has 2 aromatic rings. The predicted octanol–water partition coefficient (Wildman–Crippen LogP) is 3.75. The summed E-state index contributed by atoms with van der Waals surface area (Å²) in [5.74, 6) is -0.118. The summed E-state index contributed by atoms with van der Waals surface area (Å²) in [6.07, 6.45) is 0. The number of aryl methyl sites for hydroxylation is 2. The van der Waals surface area contributed by atoms with Gasteiger partial charge in [-0.25, -0.2) is 0 Å². The Morgan fingerprint density at radius 3 is 2.15 bits per heavy atom. The lowest BCUT2D eigenvalue weighted by Gasteiger charge is -2.13. The smallest absolute Gasteiger partial charge is 0.231 e. The minimum absolute atomic E-state index is 0.0549. The van der Waals surface area contributed by atoms with Gasteiger partial charge in [-0.15, -0.1) is 0 Å². The van der Waals surface area contributed by atoms with E-state index in [9.17, 15) is 9.90 Å². The van der Waals surface area contributed by atoms with E-state index >= 15 is 0 Å². The maximum Gasteiger partial charge on any atom is 0.231 e. The Morgan fingerprint density at radius 1 is 1.05 bits per heavy atom. The number of carbonyl (C=O) groups is 1. The van der Waals surface area contributed by atoms with Crippen molar-refractivity contribution in [1.29, 1.82) is 0 Å². The van der Waals surface area contributed by atoms with Gasteiger partial charge in [0.15, 0.2) is 0 Å². The van der Waals surface area contributed by atoms with Crippen LogP contribution in [0.5, 0.6) is 5.75 Å². The normalized spacial score (nSPS) is 11.9. The number of anilines is 1. The summed E-state index contributed by atoms with van der Waals surface area (Å²) in [5.41, 5.74) is 3.94. The van der Waals surface area contributed by atoms with E-state index in [0.29, 0.717) is 0 Å². The summed E-state index contributed by atoms with van der Waals surface area (Å²) in [6, 6.07) is 12.7. The third-order valence-electron chi connectivity index (χ3n) is 3.28. The van der Waals surface area contributed by atoms with Crippen molar-refractivity contribution in [1.82, 2.24) is 0 Å². The van der Waals surface area contributed by atoms with Gasteiger partial charge in [-0.1, -0.05) is 18.2 Å². The highest BCUT2D eigenvalue weighted by Gasteiger charge is 2.15. The summed E-state index contributed by atoms with van der Waals surface area (Å²) in [6.45, 7) is 5.86. The summed E-state index contributed by atoms with van der Waals surface area (Å²) in [7, 11) is 0. The Balaban J connectivity index is 2.13. The van der Waals surface area contributed by atoms with Crippen molar-refractivity contribution in [3.05, 3.63) is 59.2 Å². The Labute approximate surface area is 119 Å². The van der Waals surface area contributed by atoms with E-state index in [0.717, 1.165) is 22.4 Å². The zero-order chi connectivity index (χ0) is 14.7. The lowest BCUT2D eigenvalue weighted by atomic mass is 10.00.